The Morgan fingerprint density at radius 1 is 1.47 bits per heavy atom. The maximum Gasteiger partial charge on any atom is 0.137 e. The van der Waals surface area contributed by atoms with Crippen molar-refractivity contribution < 1.29 is 4.74 Å². The van der Waals surface area contributed by atoms with Crippen molar-refractivity contribution in [2.45, 2.75) is 13.5 Å². The Bertz CT molecular complexity index is 513. The number of ether oxygens (including phenoxy) is 1. The second-order valence-electron chi connectivity index (χ2n) is 3.41. The summed E-state index contributed by atoms with van der Waals surface area (Å²) in [5, 5.41) is 3.51. The molecule has 0 fully saturated rings. The summed E-state index contributed by atoms with van der Waals surface area (Å²) in [6.07, 6.45) is 0. The minimum Gasteiger partial charge on any atom is -0.492 e. The van der Waals surface area contributed by atoms with Gasteiger partial charge in [0, 0.05) is 17.5 Å². The Hall–Kier alpha value is -1.10. The molecule has 0 aliphatic carbocycles. The summed E-state index contributed by atoms with van der Waals surface area (Å²) in [6.45, 7) is 3.00. The van der Waals surface area contributed by atoms with Crippen LogP contribution >= 0.6 is 22.9 Å². The van der Waals surface area contributed by atoms with Crippen LogP contribution in [0.4, 0.5) is 0 Å². The van der Waals surface area contributed by atoms with Gasteiger partial charge in [0.15, 0.2) is 0 Å². The fraction of sp³-hybridized carbons (Fsp3) is 0.250. The predicted octanol–water partition coefficient (Wildman–Crippen LogP) is 3.32. The van der Waals surface area contributed by atoms with E-state index in [1.807, 2.05) is 30.5 Å². The number of hydrogen-bond acceptors (Lipinski definition) is 4. The van der Waals surface area contributed by atoms with Gasteiger partial charge in [-0.3, -0.25) is 0 Å². The Kier molecular flexibility index (Phi) is 3.99. The van der Waals surface area contributed by atoms with Crippen LogP contribution in [0.25, 0.3) is 11.3 Å². The molecule has 3 nitrogen and oxygen atoms in total. The normalized spacial score (nSPS) is 10.5. The van der Waals surface area contributed by atoms with Crippen LogP contribution in [0.15, 0.2) is 23.6 Å². The second-order valence-corrected chi connectivity index (χ2v) is 4.76. The summed E-state index contributed by atoms with van der Waals surface area (Å²) >= 11 is 7.68. The molecule has 0 aliphatic heterocycles. The van der Waals surface area contributed by atoms with Crippen molar-refractivity contribution in [2.24, 2.45) is 5.73 Å². The summed E-state index contributed by atoms with van der Waals surface area (Å²) in [7, 11) is 0. The van der Waals surface area contributed by atoms with Gasteiger partial charge in [0.05, 0.1) is 17.3 Å². The van der Waals surface area contributed by atoms with E-state index in [0.29, 0.717) is 23.9 Å². The van der Waals surface area contributed by atoms with Crippen molar-refractivity contribution in [2.75, 3.05) is 6.61 Å². The zero-order valence-electron chi connectivity index (χ0n) is 9.44. The van der Waals surface area contributed by atoms with Crippen molar-refractivity contribution in [1.29, 1.82) is 0 Å². The molecule has 0 radical (unpaired) electrons. The minimum atomic E-state index is 0.468. The molecule has 90 valence electrons. The van der Waals surface area contributed by atoms with E-state index >= 15 is 0 Å². The molecule has 0 unspecified atom stereocenters. The highest BCUT2D eigenvalue weighted by atomic mass is 35.5. The Morgan fingerprint density at radius 2 is 2.29 bits per heavy atom. The van der Waals surface area contributed by atoms with Crippen LogP contribution < -0.4 is 10.5 Å². The molecule has 1 aromatic carbocycles. The van der Waals surface area contributed by atoms with Crippen molar-refractivity contribution >= 4 is 22.9 Å². The fourth-order valence-electron chi connectivity index (χ4n) is 1.47. The number of nitrogens with zero attached hydrogens (tertiary/aromatic N) is 1. The van der Waals surface area contributed by atoms with Crippen LogP contribution in [0, 0.1) is 0 Å². The van der Waals surface area contributed by atoms with E-state index in [9.17, 15) is 0 Å². The smallest absolute Gasteiger partial charge is 0.137 e. The topological polar surface area (TPSA) is 48.1 Å². The number of thiazole rings is 1. The van der Waals surface area contributed by atoms with Gasteiger partial charge in [0.1, 0.15) is 10.8 Å². The highest BCUT2D eigenvalue weighted by molar-refractivity contribution is 7.09. The monoisotopic (exact) mass is 268 g/mol. The van der Waals surface area contributed by atoms with Crippen LogP contribution in [0.5, 0.6) is 5.75 Å². The number of rotatable bonds is 4. The van der Waals surface area contributed by atoms with Crippen LogP contribution in [-0.2, 0) is 6.54 Å². The average molecular weight is 269 g/mol. The van der Waals surface area contributed by atoms with Gasteiger partial charge in [-0.2, -0.15) is 0 Å². The molecule has 2 aromatic rings. The quantitative estimate of drug-likeness (QED) is 0.925. The summed E-state index contributed by atoms with van der Waals surface area (Å²) in [5.41, 5.74) is 7.42. The summed E-state index contributed by atoms with van der Waals surface area (Å²) in [6, 6.07) is 5.68. The van der Waals surface area contributed by atoms with E-state index in [2.05, 4.69) is 4.98 Å². The maximum atomic E-state index is 6.12. The van der Waals surface area contributed by atoms with E-state index in [1.54, 1.807) is 11.3 Å². The zero-order valence-corrected chi connectivity index (χ0v) is 11.0. The van der Waals surface area contributed by atoms with Gasteiger partial charge in [-0.1, -0.05) is 11.6 Å². The van der Waals surface area contributed by atoms with Crippen molar-refractivity contribution in [3.8, 4) is 17.0 Å². The molecule has 0 spiro atoms. The molecule has 2 rings (SSSR count). The third-order valence-corrected chi connectivity index (χ3v) is 3.42. The van der Waals surface area contributed by atoms with E-state index in [-0.39, 0.29) is 0 Å². The highest BCUT2D eigenvalue weighted by Gasteiger charge is 2.07. The molecule has 2 N–H and O–H groups in total. The highest BCUT2D eigenvalue weighted by Crippen LogP contribution is 2.30. The number of hydrogen-bond donors (Lipinski definition) is 1. The molecule has 0 saturated heterocycles. The number of halogens is 1. The molecule has 0 bridgehead atoms. The third-order valence-electron chi connectivity index (χ3n) is 2.25. The second kappa shape index (κ2) is 5.49. The largest absolute Gasteiger partial charge is 0.492 e. The fourth-order valence-corrected chi connectivity index (χ4v) is 2.39. The van der Waals surface area contributed by atoms with Crippen LogP contribution in [0.2, 0.25) is 5.02 Å². The Morgan fingerprint density at radius 3 is 2.88 bits per heavy atom. The van der Waals surface area contributed by atoms with Gasteiger partial charge >= 0.3 is 0 Å². The number of nitrogens with two attached hydrogens (primary N) is 1. The SMILES string of the molecule is CCOc1ccc(-c2csc(CN)n2)cc1Cl. The lowest BCUT2D eigenvalue weighted by Gasteiger charge is -2.06. The van der Waals surface area contributed by atoms with E-state index in [4.69, 9.17) is 22.1 Å². The third kappa shape index (κ3) is 2.77. The van der Waals surface area contributed by atoms with E-state index < -0.39 is 0 Å². The molecular formula is C12H13ClN2OS. The molecule has 0 saturated carbocycles. The number of benzene rings is 1. The van der Waals surface area contributed by atoms with Gasteiger partial charge in [-0.05, 0) is 25.1 Å². The van der Waals surface area contributed by atoms with Gasteiger partial charge in [-0.25, -0.2) is 4.98 Å². The first-order valence-electron chi connectivity index (χ1n) is 5.31. The van der Waals surface area contributed by atoms with Crippen LogP contribution in [-0.4, -0.2) is 11.6 Å². The van der Waals surface area contributed by atoms with Crippen LogP contribution in [0.1, 0.15) is 11.9 Å². The standard InChI is InChI=1S/C12H13ClN2OS/c1-2-16-11-4-3-8(5-9(11)13)10-7-17-12(6-14)15-10/h3-5,7H,2,6,14H2,1H3. The number of aromatic nitrogens is 1. The maximum absolute atomic E-state index is 6.12. The minimum absolute atomic E-state index is 0.468. The van der Waals surface area contributed by atoms with Gasteiger partial charge in [0.25, 0.3) is 0 Å². The van der Waals surface area contributed by atoms with Crippen molar-refractivity contribution in [3.05, 3.63) is 33.6 Å². The predicted molar refractivity (Wildman–Crippen MR) is 71.6 cm³/mol. The molecule has 1 aromatic heterocycles. The Balaban J connectivity index is 2.30. The van der Waals surface area contributed by atoms with Gasteiger partial charge in [-0.15, -0.1) is 11.3 Å². The lowest BCUT2D eigenvalue weighted by atomic mass is 10.2. The average Bonchev–Trinajstić information content (AvgIpc) is 2.80. The Labute approximate surface area is 109 Å². The molecule has 1 heterocycles. The first-order chi connectivity index (χ1) is 8.24. The molecule has 0 amide bonds. The zero-order chi connectivity index (χ0) is 12.3. The first-order valence-corrected chi connectivity index (χ1v) is 6.57. The summed E-state index contributed by atoms with van der Waals surface area (Å²) < 4.78 is 5.38. The van der Waals surface area contributed by atoms with E-state index in [0.717, 1.165) is 16.3 Å². The molecule has 0 aliphatic rings. The summed E-state index contributed by atoms with van der Waals surface area (Å²) in [5.74, 6) is 0.701. The lowest BCUT2D eigenvalue weighted by Crippen LogP contribution is -1.95. The first kappa shape index (κ1) is 12.4. The molecule has 17 heavy (non-hydrogen) atoms. The molecule has 0 atom stereocenters. The van der Waals surface area contributed by atoms with E-state index in [1.165, 1.54) is 0 Å². The molecule has 5 heteroatoms. The van der Waals surface area contributed by atoms with Crippen molar-refractivity contribution in [3.63, 3.8) is 0 Å². The van der Waals surface area contributed by atoms with Gasteiger partial charge < -0.3 is 10.5 Å². The van der Waals surface area contributed by atoms with Crippen LogP contribution in [0.3, 0.4) is 0 Å². The molecular weight excluding hydrogens is 256 g/mol. The van der Waals surface area contributed by atoms with Crippen molar-refractivity contribution in [1.82, 2.24) is 4.98 Å². The van der Waals surface area contributed by atoms with Gasteiger partial charge in [0.2, 0.25) is 0 Å². The summed E-state index contributed by atoms with van der Waals surface area (Å²) in [4.78, 5) is 4.41. The lowest BCUT2D eigenvalue weighted by molar-refractivity contribution is 0.340.